The van der Waals surface area contributed by atoms with E-state index in [0.717, 1.165) is 5.57 Å². The number of hydrogen-bond donors (Lipinski definition) is 13. The van der Waals surface area contributed by atoms with E-state index in [1.165, 1.54) is 6.08 Å². The van der Waals surface area contributed by atoms with Gasteiger partial charge in [0.1, 0.15) is 91.6 Å². The minimum atomic E-state index is -2.21. The van der Waals surface area contributed by atoms with Gasteiger partial charge in [0.25, 0.3) is 0 Å². The largest absolute Gasteiger partial charge is 0.479 e. The average Bonchev–Trinajstić information content (AvgIpc) is 0.672. The predicted molar refractivity (Wildman–Crippen MR) is 297 cm³/mol. The molecular weight excluding hydrogens is 1150 g/mol. The van der Waals surface area contributed by atoms with Crippen LogP contribution in [0.5, 0.6) is 0 Å². The van der Waals surface area contributed by atoms with Crippen LogP contribution in [0, 0.1) is 56.2 Å². The Kier molecular flexibility index (Phi) is 20.1. The molecule has 0 aromatic carbocycles. The zero-order valence-corrected chi connectivity index (χ0v) is 51.3. The molecule has 0 aromatic heterocycles. The van der Waals surface area contributed by atoms with Gasteiger partial charge in [0.15, 0.2) is 31.3 Å². The first-order valence-corrected chi connectivity index (χ1v) is 30.9. The van der Waals surface area contributed by atoms with Crippen molar-refractivity contribution < 1.29 is 128 Å². The molecule has 0 aromatic rings. The van der Waals surface area contributed by atoms with Crippen molar-refractivity contribution in [3.8, 4) is 0 Å². The summed E-state index contributed by atoms with van der Waals surface area (Å²) < 4.78 is 61.3. The third-order valence-electron chi connectivity index (χ3n) is 22.8. The zero-order chi connectivity index (χ0) is 64.0. The summed E-state index contributed by atoms with van der Waals surface area (Å²) in [5, 5.41) is 144. The Morgan fingerprint density at radius 2 is 1.31 bits per heavy atom. The number of carbonyl (C=O) groups excluding carboxylic acids is 2. The molecule has 2 unspecified atom stereocenters. The standard InChI is InChI=1S/C61H96O26/c1-11-13-36(67)82-48-49(87-51(77)26(3)12-2)61(25-63)28(20-56(48,4)5)27-14-15-33-58(8)18-17-35(57(6,7)32(58)16-19-59(33,9)60(27,10)21-34(61)66)81-55-47(86-53-42(73)40(71)39(70)31(22-62)80-53)44(43(74)45(84-55)50(75)76)83-54-46(38(69)30(65)24-79-54)85-52-41(72)37(68)29(64)23-78-52/h11,13-14,26,28-35,37-49,52-55,62-66,68-74H,12,15-25H2,1-10H3,(H,75,76)/b13-11-/t26?,28-,29+,30-,31+,32?,33+,34+,35-,37-,38-,39-,40-,41+,42+,43-,44-,45-,46+,47+,48-,49-,52-,53-,54-,55+,58-,59+,60+,61-/m0/s1. The Morgan fingerprint density at radius 3 is 1.94 bits per heavy atom. The number of fused-ring (bicyclic) bond motifs is 7. The summed E-state index contributed by atoms with van der Waals surface area (Å²) in [4.78, 5) is 40.4. The monoisotopic (exact) mass is 1240 g/mol. The second kappa shape index (κ2) is 25.5. The maximum Gasteiger partial charge on any atom is 0.335 e. The van der Waals surface area contributed by atoms with E-state index in [-0.39, 0.29) is 18.3 Å². The van der Waals surface area contributed by atoms with Crippen LogP contribution in [0.2, 0.25) is 0 Å². The van der Waals surface area contributed by atoms with Crippen molar-refractivity contribution in [1.29, 1.82) is 0 Å². The molecule has 0 spiro atoms. The minimum absolute atomic E-state index is 0.0118. The molecule has 9 rings (SSSR count). The first kappa shape index (κ1) is 68.5. The van der Waals surface area contributed by atoms with Crippen LogP contribution in [0.15, 0.2) is 23.8 Å². The molecule has 0 amide bonds. The highest BCUT2D eigenvalue weighted by molar-refractivity contribution is 5.82. The van der Waals surface area contributed by atoms with Gasteiger partial charge in [-0.15, -0.1) is 0 Å². The highest BCUT2D eigenvalue weighted by atomic mass is 16.8. The number of aliphatic hydroxyl groups excluding tert-OH is 12. The molecule has 4 saturated carbocycles. The molecule has 5 aliphatic carbocycles. The second-order valence-corrected chi connectivity index (χ2v) is 28.3. The summed E-state index contributed by atoms with van der Waals surface area (Å²) in [6.07, 6.45) is -28.9. The van der Waals surface area contributed by atoms with Crippen molar-refractivity contribution in [3.63, 3.8) is 0 Å². The molecule has 26 heteroatoms. The van der Waals surface area contributed by atoms with Crippen LogP contribution >= 0.6 is 0 Å². The average molecular weight is 1250 g/mol. The van der Waals surface area contributed by atoms with Gasteiger partial charge in [-0.2, -0.15) is 0 Å². The Hall–Kier alpha value is -2.91. The summed E-state index contributed by atoms with van der Waals surface area (Å²) in [6, 6.07) is 0. The fraction of sp³-hybridized carbons (Fsp3) is 0.885. The van der Waals surface area contributed by atoms with Gasteiger partial charge >= 0.3 is 17.9 Å². The fourth-order valence-electron chi connectivity index (χ4n) is 17.3. The highest BCUT2D eigenvalue weighted by Crippen LogP contribution is 2.76. The van der Waals surface area contributed by atoms with E-state index < -0.39 is 224 Å². The summed E-state index contributed by atoms with van der Waals surface area (Å²) in [5.74, 6) is -3.99. The third-order valence-corrected chi connectivity index (χ3v) is 22.8. The van der Waals surface area contributed by atoms with Crippen LogP contribution < -0.4 is 0 Å². The zero-order valence-electron chi connectivity index (χ0n) is 51.3. The number of ether oxygens (including phenoxy) is 10. The smallest absolute Gasteiger partial charge is 0.335 e. The number of carboxylic acids is 1. The van der Waals surface area contributed by atoms with E-state index in [4.69, 9.17) is 47.4 Å². The van der Waals surface area contributed by atoms with Gasteiger partial charge < -0.3 is 114 Å². The van der Waals surface area contributed by atoms with Crippen molar-refractivity contribution in [1.82, 2.24) is 0 Å². The van der Waals surface area contributed by atoms with E-state index in [2.05, 4.69) is 26.8 Å². The molecule has 4 aliphatic heterocycles. The van der Waals surface area contributed by atoms with Crippen molar-refractivity contribution >= 4 is 17.9 Å². The number of aliphatic hydroxyl groups is 12. The Morgan fingerprint density at radius 1 is 0.678 bits per heavy atom. The Labute approximate surface area is 506 Å². The molecule has 8 fully saturated rings. The van der Waals surface area contributed by atoms with Gasteiger partial charge in [0.05, 0.1) is 50.0 Å². The van der Waals surface area contributed by atoms with E-state index in [0.29, 0.717) is 44.9 Å². The van der Waals surface area contributed by atoms with Crippen molar-refractivity contribution in [2.45, 2.75) is 256 Å². The lowest BCUT2D eigenvalue weighted by atomic mass is 9.33. The molecule has 4 heterocycles. The van der Waals surface area contributed by atoms with Crippen LogP contribution in [0.25, 0.3) is 0 Å². The molecule has 9 aliphatic rings. The first-order valence-electron chi connectivity index (χ1n) is 30.9. The van der Waals surface area contributed by atoms with Crippen LogP contribution in [0.3, 0.4) is 0 Å². The summed E-state index contributed by atoms with van der Waals surface area (Å²) in [6.45, 7) is 17.5. The SMILES string of the molecule is C/C=C\C(=O)O[C@H]1[C@H](OC(=O)C(C)CC)[C@]2(CO)[C@H](O)C[C@]3(C)C(=CC[C@@H]4[C@@]5(C)CC[C@H](O[C@@H]6O[C@H](C(=O)O)[C@@H](O)[C@H](O[C@@H]7OC[C@H](O)[C@H](O)[C@H]7O[C@@H]7OC[C@@H](O)[C@H](O)[C@H]7O)[C@H]6O[C@@H]6O[C@H](CO)[C@H](O)[C@H](O)[C@H]6O)C(C)(C)C5CC[C@]43C)[C@@H]2CC1(C)C. The maximum atomic E-state index is 13.9. The highest BCUT2D eigenvalue weighted by Gasteiger charge is 2.74. The summed E-state index contributed by atoms with van der Waals surface area (Å²) >= 11 is 0. The minimum Gasteiger partial charge on any atom is -0.479 e. The topological polar surface area (TPSA) is 407 Å². The molecule has 0 radical (unpaired) electrons. The van der Waals surface area contributed by atoms with Crippen LogP contribution in [-0.4, -0.2) is 246 Å². The number of esters is 2. The molecule has 13 N–H and O–H groups in total. The molecular formula is C61H96O26. The molecule has 496 valence electrons. The van der Waals surface area contributed by atoms with Crippen LogP contribution in [0.1, 0.15) is 121 Å². The lowest BCUT2D eigenvalue weighted by Gasteiger charge is -2.72. The third kappa shape index (κ3) is 11.6. The number of hydrogen-bond acceptors (Lipinski definition) is 25. The van der Waals surface area contributed by atoms with E-state index in [1.54, 1.807) is 19.9 Å². The predicted octanol–water partition coefficient (Wildman–Crippen LogP) is -0.555. The van der Waals surface area contributed by atoms with E-state index in [9.17, 15) is 80.8 Å². The Balaban J connectivity index is 1.04. The summed E-state index contributed by atoms with van der Waals surface area (Å²) in [7, 11) is 0. The van der Waals surface area contributed by atoms with Crippen molar-refractivity contribution in [3.05, 3.63) is 23.8 Å². The number of aliphatic carboxylic acids is 1. The van der Waals surface area contributed by atoms with Gasteiger partial charge in [-0.1, -0.05) is 80.0 Å². The van der Waals surface area contributed by atoms with Gasteiger partial charge in [-0.25, -0.2) is 9.59 Å². The van der Waals surface area contributed by atoms with Gasteiger partial charge in [0.2, 0.25) is 0 Å². The van der Waals surface area contributed by atoms with Crippen LogP contribution in [0.4, 0.5) is 0 Å². The fourth-order valence-corrected chi connectivity index (χ4v) is 17.3. The summed E-state index contributed by atoms with van der Waals surface area (Å²) in [5.41, 5.74) is -3.55. The second-order valence-electron chi connectivity index (χ2n) is 28.3. The van der Waals surface area contributed by atoms with Gasteiger partial charge in [-0.05, 0) is 97.7 Å². The van der Waals surface area contributed by atoms with Crippen LogP contribution in [-0.2, 0) is 61.8 Å². The number of carbonyl (C=O) groups is 3. The number of allylic oxidation sites excluding steroid dienone is 3. The molecule has 4 saturated heterocycles. The van der Waals surface area contributed by atoms with E-state index >= 15 is 0 Å². The normalized spacial score (nSPS) is 49.9. The molecule has 26 nitrogen and oxygen atoms in total. The van der Waals surface area contributed by atoms with Crippen molar-refractivity contribution in [2.24, 2.45) is 56.2 Å². The van der Waals surface area contributed by atoms with Gasteiger partial charge in [0, 0.05) is 11.5 Å². The lowest BCUT2D eigenvalue weighted by molar-refractivity contribution is -0.399. The van der Waals surface area contributed by atoms with E-state index in [1.807, 2.05) is 34.6 Å². The molecule has 87 heavy (non-hydrogen) atoms. The maximum absolute atomic E-state index is 13.9. The first-order chi connectivity index (χ1) is 40.7. The number of carboxylic acid groups (broad SMARTS) is 1. The number of rotatable bonds is 16. The molecule has 30 atom stereocenters. The van der Waals surface area contributed by atoms with Crippen molar-refractivity contribution in [2.75, 3.05) is 26.4 Å². The van der Waals surface area contributed by atoms with Gasteiger partial charge in [-0.3, -0.25) is 4.79 Å². The lowest BCUT2D eigenvalue weighted by Crippen LogP contribution is -2.72. The molecule has 0 bridgehead atoms. The quantitative estimate of drug-likeness (QED) is 0.0399. The Bertz CT molecular complexity index is 2510.